The third-order valence-corrected chi connectivity index (χ3v) is 4.17. The molecule has 5 nitrogen and oxygen atoms in total. The van der Waals surface area contributed by atoms with Crippen LogP contribution in [-0.2, 0) is 6.54 Å². The van der Waals surface area contributed by atoms with Crippen LogP contribution in [0.1, 0.15) is 15.9 Å². The number of benzene rings is 2. The number of hydrogen-bond donors (Lipinski definition) is 1. The van der Waals surface area contributed by atoms with Crippen LogP contribution in [0.15, 0.2) is 85.3 Å². The van der Waals surface area contributed by atoms with E-state index >= 15 is 0 Å². The molecular formula is C22H17N3O2. The minimum Gasteiger partial charge on any atom is -0.439 e. The lowest BCUT2D eigenvalue weighted by Crippen LogP contribution is -2.23. The van der Waals surface area contributed by atoms with Crippen molar-refractivity contribution in [2.45, 2.75) is 6.54 Å². The number of fused-ring (bicyclic) bond motifs is 1. The second-order valence-electron chi connectivity index (χ2n) is 5.97. The Kier molecular flexibility index (Phi) is 4.74. The van der Waals surface area contributed by atoms with Gasteiger partial charge in [-0.2, -0.15) is 0 Å². The molecule has 0 fully saturated rings. The van der Waals surface area contributed by atoms with E-state index in [1.807, 2.05) is 66.7 Å². The first-order valence-electron chi connectivity index (χ1n) is 8.59. The molecule has 0 aliphatic rings. The molecule has 0 aliphatic carbocycles. The quantitative estimate of drug-likeness (QED) is 0.578. The summed E-state index contributed by atoms with van der Waals surface area (Å²) in [5.41, 5.74) is 1.42. The molecule has 4 rings (SSSR count). The number of amides is 1. The number of ether oxygens (including phenoxy) is 1. The van der Waals surface area contributed by atoms with Crippen LogP contribution in [-0.4, -0.2) is 15.9 Å². The van der Waals surface area contributed by atoms with Crippen molar-refractivity contribution in [1.82, 2.24) is 15.3 Å². The van der Waals surface area contributed by atoms with Gasteiger partial charge in [-0.1, -0.05) is 36.4 Å². The summed E-state index contributed by atoms with van der Waals surface area (Å²) in [6.45, 7) is 0.316. The van der Waals surface area contributed by atoms with Gasteiger partial charge >= 0.3 is 0 Å². The first kappa shape index (κ1) is 16.7. The summed E-state index contributed by atoms with van der Waals surface area (Å²) in [5.74, 6) is 1.03. The van der Waals surface area contributed by atoms with Crippen molar-refractivity contribution in [2.75, 3.05) is 0 Å². The number of hydrogen-bond acceptors (Lipinski definition) is 4. The number of para-hydroxylation sites is 1. The summed E-state index contributed by atoms with van der Waals surface area (Å²) in [6, 6.07) is 20.6. The predicted molar refractivity (Wildman–Crippen MR) is 104 cm³/mol. The standard InChI is InChI=1S/C22H17N3O2/c26-21(20-10-4-6-16-14-23-13-11-19(16)20)25-15-17-7-5-12-24-22(17)27-18-8-2-1-3-9-18/h1-14H,15H2,(H,25,26). The highest BCUT2D eigenvalue weighted by molar-refractivity contribution is 6.06. The first-order chi connectivity index (χ1) is 13.3. The number of nitrogens with one attached hydrogen (secondary N) is 1. The molecule has 2 heterocycles. The molecule has 0 atom stereocenters. The molecule has 0 radical (unpaired) electrons. The smallest absolute Gasteiger partial charge is 0.252 e. The summed E-state index contributed by atoms with van der Waals surface area (Å²) in [4.78, 5) is 21.1. The monoisotopic (exact) mass is 355 g/mol. The van der Waals surface area contributed by atoms with Gasteiger partial charge in [-0.15, -0.1) is 0 Å². The van der Waals surface area contributed by atoms with Crippen molar-refractivity contribution in [3.8, 4) is 11.6 Å². The van der Waals surface area contributed by atoms with E-state index in [-0.39, 0.29) is 5.91 Å². The molecule has 5 heteroatoms. The molecular weight excluding hydrogens is 338 g/mol. The Morgan fingerprint density at radius 3 is 2.70 bits per heavy atom. The lowest BCUT2D eigenvalue weighted by Gasteiger charge is -2.11. The van der Waals surface area contributed by atoms with Crippen LogP contribution in [0.25, 0.3) is 10.8 Å². The van der Waals surface area contributed by atoms with Crippen LogP contribution >= 0.6 is 0 Å². The number of pyridine rings is 2. The lowest BCUT2D eigenvalue weighted by atomic mass is 10.1. The van der Waals surface area contributed by atoms with Gasteiger partial charge < -0.3 is 10.1 Å². The van der Waals surface area contributed by atoms with Gasteiger partial charge in [0.15, 0.2) is 0 Å². The number of nitrogens with zero attached hydrogens (tertiary/aromatic N) is 2. The summed E-state index contributed by atoms with van der Waals surface area (Å²) >= 11 is 0. The zero-order valence-electron chi connectivity index (χ0n) is 14.5. The SMILES string of the molecule is O=C(NCc1cccnc1Oc1ccccc1)c1cccc2cnccc12. The van der Waals surface area contributed by atoms with Crippen LogP contribution in [0.2, 0.25) is 0 Å². The molecule has 0 saturated carbocycles. The molecule has 132 valence electrons. The van der Waals surface area contributed by atoms with E-state index in [1.165, 1.54) is 0 Å². The van der Waals surface area contributed by atoms with Gasteiger partial charge in [-0.3, -0.25) is 9.78 Å². The minimum atomic E-state index is -0.152. The van der Waals surface area contributed by atoms with Gasteiger partial charge in [0.1, 0.15) is 5.75 Å². The first-order valence-corrected chi connectivity index (χ1v) is 8.59. The highest BCUT2D eigenvalue weighted by Gasteiger charge is 2.12. The van der Waals surface area contributed by atoms with Gasteiger partial charge in [0.25, 0.3) is 5.91 Å². The third kappa shape index (κ3) is 3.77. The molecule has 1 N–H and O–H groups in total. The summed E-state index contributed by atoms with van der Waals surface area (Å²) in [7, 11) is 0. The fourth-order valence-corrected chi connectivity index (χ4v) is 2.84. The zero-order chi connectivity index (χ0) is 18.5. The maximum atomic E-state index is 12.7. The predicted octanol–water partition coefficient (Wildman–Crippen LogP) is 4.35. The Hall–Kier alpha value is -3.73. The van der Waals surface area contributed by atoms with Crippen LogP contribution in [0.5, 0.6) is 11.6 Å². The van der Waals surface area contributed by atoms with Crippen LogP contribution < -0.4 is 10.1 Å². The largest absolute Gasteiger partial charge is 0.439 e. The Morgan fingerprint density at radius 2 is 1.81 bits per heavy atom. The van der Waals surface area contributed by atoms with E-state index in [0.29, 0.717) is 23.7 Å². The van der Waals surface area contributed by atoms with Gasteiger partial charge in [0.05, 0.1) is 0 Å². The molecule has 0 spiro atoms. The maximum Gasteiger partial charge on any atom is 0.252 e. The van der Waals surface area contributed by atoms with Crippen LogP contribution in [0, 0.1) is 0 Å². The van der Waals surface area contributed by atoms with E-state index in [4.69, 9.17) is 4.74 Å². The molecule has 4 aromatic rings. The topological polar surface area (TPSA) is 64.1 Å². The number of rotatable bonds is 5. The number of aromatic nitrogens is 2. The second-order valence-corrected chi connectivity index (χ2v) is 5.97. The maximum absolute atomic E-state index is 12.7. The lowest BCUT2D eigenvalue weighted by molar-refractivity contribution is 0.0952. The molecule has 0 saturated heterocycles. The van der Waals surface area contributed by atoms with Crippen molar-refractivity contribution in [1.29, 1.82) is 0 Å². The normalized spacial score (nSPS) is 10.5. The van der Waals surface area contributed by atoms with E-state index in [1.54, 1.807) is 18.6 Å². The average Bonchev–Trinajstić information content (AvgIpc) is 2.73. The van der Waals surface area contributed by atoms with Gasteiger partial charge in [0, 0.05) is 41.6 Å². The number of carbonyl (C=O) groups excluding carboxylic acids is 1. The Balaban J connectivity index is 1.53. The van der Waals surface area contributed by atoms with Crippen molar-refractivity contribution in [2.24, 2.45) is 0 Å². The summed E-state index contributed by atoms with van der Waals surface area (Å²) in [5, 5.41) is 4.76. The average molecular weight is 355 g/mol. The van der Waals surface area contributed by atoms with Gasteiger partial charge in [0.2, 0.25) is 5.88 Å². The van der Waals surface area contributed by atoms with Gasteiger partial charge in [-0.05, 0) is 35.7 Å². The molecule has 0 unspecified atom stereocenters. The minimum absolute atomic E-state index is 0.152. The highest BCUT2D eigenvalue weighted by atomic mass is 16.5. The fraction of sp³-hybridized carbons (Fsp3) is 0.0455. The van der Waals surface area contributed by atoms with Gasteiger partial charge in [-0.25, -0.2) is 4.98 Å². The molecule has 0 bridgehead atoms. The van der Waals surface area contributed by atoms with E-state index < -0.39 is 0 Å². The van der Waals surface area contributed by atoms with Crippen molar-refractivity contribution < 1.29 is 9.53 Å². The van der Waals surface area contributed by atoms with Crippen LogP contribution in [0.4, 0.5) is 0 Å². The molecule has 27 heavy (non-hydrogen) atoms. The second kappa shape index (κ2) is 7.66. The van der Waals surface area contributed by atoms with Crippen molar-refractivity contribution in [3.05, 3.63) is 96.4 Å². The highest BCUT2D eigenvalue weighted by Crippen LogP contribution is 2.23. The molecule has 2 aromatic heterocycles. The van der Waals surface area contributed by atoms with Crippen molar-refractivity contribution >= 4 is 16.7 Å². The molecule has 2 aromatic carbocycles. The fourth-order valence-electron chi connectivity index (χ4n) is 2.84. The Labute approximate surface area is 156 Å². The Bertz CT molecular complexity index is 1080. The Morgan fingerprint density at radius 1 is 0.926 bits per heavy atom. The van der Waals surface area contributed by atoms with Crippen LogP contribution in [0.3, 0.4) is 0 Å². The molecule has 0 aliphatic heterocycles. The third-order valence-electron chi connectivity index (χ3n) is 4.17. The zero-order valence-corrected chi connectivity index (χ0v) is 14.5. The summed E-state index contributed by atoms with van der Waals surface area (Å²) < 4.78 is 5.85. The van der Waals surface area contributed by atoms with E-state index in [2.05, 4.69) is 15.3 Å². The van der Waals surface area contributed by atoms with E-state index in [9.17, 15) is 4.79 Å². The number of carbonyl (C=O) groups is 1. The molecule has 1 amide bonds. The van der Waals surface area contributed by atoms with Crippen molar-refractivity contribution in [3.63, 3.8) is 0 Å². The summed E-state index contributed by atoms with van der Waals surface area (Å²) in [6.07, 6.45) is 5.10. The van der Waals surface area contributed by atoms with E-state index in [0.717, 1.165) is 16.3 Å².